The van der Waals surface area contributed by atoms with E-state index >= 15 is 0 Å². The predicted octanol–water partition coefficient (Wildman–Crippen LogP) is 4.06. The zero-order valence-electron chi connectivity index (χ0n) is 17.8. The van der Waals surface area contributed by atoms with Crippen LogP contribution in [0.3, 0.4) is 0 Å². The van der Waals surface area contributed by atoms with Gasteiger partial charge in [-0.3, -0.25) is 4.79 Å². The van der Waals surface area contributed by atoms with Crippen LogP contribution in [-0.2, 0) is 27.7 Å². The molecular formula is C24H31ClN2O3S. The third-order valence-electron chi connectivity index (χ3n) is 5.71. The highest BCUT2D eigenvalue weighted by Gasteiger charge is 2.31. The second-order valence-corrected chi connectivity index (χ2v) is 10.6. The number of hydrogen-bond donors (Lipinski definition) is 1. The van der Waals surface area contributed by atoms with Crippen molar-refractivity contribution in [3.05, 3.63) is 70.7 Å². The second kappa shape index (κ2) is 11.7. The number of nitrogens with one attached hydrogen (secondary N) is 1. The molecule has 0 radical (unpaired) electrons. The van der Waals surface area contributed by atoms with Gasteiger partial charge >= 0.3 is 0 Å². The topological polar surface area (TPSA) is 66.5 Å². The van der Waals surface area contributed by atoms with Crippen LogP contribution >= 0.6 is 11.6 Å². The highest BCUT2D eigenvalue weighted by molar-refractivity contribution is 7.89. The first-order valence-corrected chi connectivity index (χ1v) is 13.0. The van der Waals surface area contributed by atoms with Crippen molar-refractivity contribution < 1.29 is 13.2 Å². The van der Waals surface area contributed by atoms with E-state index < -0.39 is 10.0 Å². The fourth-order valence-electron chi connectivity index (χ4n) is 3.94. The molecule has 0 unspecified atom stereocenters. The van der Waals surface area contributed by atoms with Crippen LogP contribution < -0.4 is 5.32 Å². The zero-order valence-corrected chi connectivity index (χ0v) is 19.4. The third-order valence-corrected chi connectivity index (χ3v) is 7.89. The van der Waals surface area contributed by atoms with Gasteiger partial charge in [0.1, 0.15) is 0 Å². The van der Waals surface area contributed by atoms with Crippen molar-refractivity contribution in [1.82, 2.24) is 9.62 Å². The standard InChI is InChI=1S/C24H31ClN2O3S/c25-23-14-12-21(13-15-23)9-4-16-26-24(28)22-11-5-17-27(19-22)31(29,30)18-6-10-20-7-2-1-3-8-20/h1-3,7-8,12-15,22H,4-6,9-11,16-19H2,(H,26,28)/t22-/m1/s1. The SMILES string of the molecule is O=C(NCCCc1ccc(Cl)cc1)[C@@H]1CCCN(S(=O)(=O)CCCc2ccccc2)C1. The van der Waals surface area contributed by atoms with Crippen LogP contribution in [0.25, 0.3) is 0 Å². The Labute approximate surface area is 190 Å². The Kier molecular flexibility index (Phi) is 8.93. The second-order valence-electron chi connectivity index (χ2n) is 8.12. The molecule has 1 aliphatic rings. The summed E-state index contributed by atoms with van der Waals surface area (Å²) in [6, 6.07) is 17.6. The molecule has 1 atom stereocenters. The monoisotopic (exact) mass is 462 g/mol. The molecule has 5 nitrogen and oxygen atoms in total. The molecule has 0 aromatic heterocycles. The summed E-state index contributed by atoms with van der Waals surface area (Å²) in [5.74, 6) is -0.189. The highest BCUT2D eigenvalue weighted by Crippen LogP contribution is 2.20. The Hall–Kier alpha value is -1.89. The van der Waals surface area contributed by atoms with Gasteiger partial charge in [-0.1, -0.05) is 54.1 Å². The van der Waals surface area contributed by atoms with Crippen molar-refractivity contribution in [3.63, 3.8) is 0 Å². The molecule has 1 fully saturated rings. The molecule has 31 heavy (non-hydrogen) atoms. The largest absolute Gasteiger partial charge is 0.356 e. The Morgan fingerprint density at radius 2 is 1.68 bits per heavy atom. The highest BCUT2D eigenvalue weighted by atomic mass is 35.5. The quantitative estimate of drug-likeness (QED) is 0.541. The number of hydrogen-bond acceptors (Lipinski definition) is 3. The fraction of sp³-hybridized carbons (Fsp3) is 0.458. The van der Waals surface area contributed by atoms with E-state index in [0.717, 1.165) is 37.7 Å². The molecule has 7 heteroatoms. The number of carbonyl (C=O) groups excluding carboxylic acids is 1. The minimum atomic E-state index is -3.34. The van der Waals surface area contributed by atoms with E-state index in [4.69, 9.17) is 11.6 Å². The van der Waals surface area contributed by atoms with E-state index in [9.17, 15) is 13.2 Å². The Balaban J connectivity index is 1.40. The third kappa shape index (κ3) is 7.63. The lowest BCUT2D eigenvalue weighted by Gasteiger charge is -2.31. The molecule has 0 saturated carbocycles. The average molecular weight is 463 g/mol. The summed E-state index contributed by atoms with van der Waals surface area (Å²) in [6.45, 7) is 1.38. The molecule has 1 heterocycles. The van der Waals surface area contributed by atoms with Gasteiger partial charge in [-0.05, 0) is 61.8 Å². The number of nitrogens with zero attached hydrogens (tertiary/aromatic N) is 1. The van der Waals surface area contributed by atoms with E-state index in [0.29, 0.717) is 24.5 Å². The van der Waals surface area contributed by atoms with Gasteiger partial charge in [-0.2, -0.15) is 0 Å². The average Bonchev–Trinajstić information content (AvgIpc) is 2.78. The maximum absolute atomic E-state index is 12.8. The van der Waals surface area contributed by atoms with Crippen LogP contribution in [0.1, 0.15) is 36.8 Å². The molecule has 0 aliphatic carbocycles. The van der Waals surface area contributed by atoms with Gasteiger partial charge in [0.2, 0.25) is 15.9 Å². The van der Waals surface area contributed by atoms with Crippen molar-refractivity contribution in [1.29, 1.82) is 0 Å². The van der Waals surface area contributed by atoms with E-state index in [1.54, 1.807) is 0 Å². The Bertz CT molecular complexity index is 933. The van der Waals surface area contributed by atoms with Gasteiger partial charge in [0.25, 0.3) is 0 Å². The molecule has 0 spiro atoms. The van der Waals surface area contributed by atoms with Crippen molar-refractivity contribution in [3.8, 4) is 0 Å². The van der Waals surface area contributed by atoms with E-state index in [1.807, 2.05) is 54.6 Å². The van der Waals surface area contributed by atoms with Crippen LogP contribution in [0, 0.1) is 5.92 Å². The molecule has 0 bridgehead atoms. The molecule has 2 aromatic rings. The van der Waals surface area contributed by atoms with Crippen LogP contribution in [0.15, 0.2) is 54.6 Å². The molecule has 3 rings (SSSR count). The first-order valence-electron chi connectivity index (χ1n) is 11.0. The van der Waals surface area contributed by atoms with Gasteiger partial charge in [0, 0.05) is 24.7 Å². The van der Waals surface area contributed by atoms with Crippen LogP contribution in [0.2, 0.25) is 5.02 Å². The summed E-state index contributed by atoms with van der Waals surface area (Å²) in [5.41, 5.74) is 2.33. The van der Waals surface area contributed by atoms with Gasteiger partial charge < -0.3 is 5.32 Å². The van der Waals surface area contributed by atoms with E-state index in [2.05, 4.69) is 5.32 Å². The van der Waals surface area contributed by atoms with Gasteiger partial charge in [-0.25, -0.2) is 12.7 Å². The maximum Gasteiger partial charge on any atom is 0.224 e. The van der Waals surface area contributed by atoms with Crippen molar-refractivity contribution in [2.75, 3.05) is 25.4 Å². The molecule has 1 saturated heterocycles. The maximum atomic E-state index is 12.8. The number of rotatable bonds is 10. The molecule has 1 amide bonds. The number of aryl methyl sites for hydroxylation is 2. The zero-order chi connectivity index (χ0) is 22.1. The minimum Gasteiger partial charge on any atom is -0.356 e. The fourth-order valence-corrected chi connectivity index (χ4v) is 5.65. The first-order chi connectivity index (χ1) is 14.9. The van der Waals surface area contributed by atoms with E-state index in [-0.39, 0.29) is 24.1 Å². The summed E-state index contributed by atoms with van der Waals surface area (Å²) in [5, 5.41) is 3.70. The molecule has 1 aliphatic heterocycles. The lowest BCUT2D eigenvalue weighted by molar-refractivity contribution is -0.126. The number of sulfonamides is 1. The van der Waals surface area contributed by atoms with Crippen molar-refractivity contribution in [2.45, 2.75) is 38.5 Å². The summed E-state index contributed by atoms with van der Waals surface area (Å²) >= 11 is 5.90. The summed E-state index contributed by atoms with van der Waals surface area (Å²) in [7, 11) is -3.34. The molecule has 1 N–H and O–H groups in total. The minimum absolute atomic E-state index is 0.0414. The lowest BCUT2D eigenvalue weighted by Crippen LogP contribution is -2.46. The van der Waals surface area contributed by atoms with Gasteiger partial charge in [0.15, 0.2) is 0 Å². The number of carbonyl (C=O) groups is 1. The lowest BCUT2D eigenvalue weighted by atomic mass is 9.99. The van der Waals surface area contributed by atoms with E-state index in [1.165, 1.54) is 9.87 Å². The molecule has 168 valence electrons. The van der Waals surface area contributed by atoms with Crippen LogP contribution in [-0.4, -0.2) is 44.0 Å². The van der Waals surface area contributed by atoms with Crippen LogP contribution in [0.4, 0.5) is 0 Å². The number of piperidine rings is 1. The summed E-state index contributed by atoms with van der Waals surface area (Å²) in [4.78, 5) is 12.6. The normalized spacial score (nSPS) is 17.4. The Morgan fingerprint density at radius 1 is 1.00 bits per heavy atom. The Morgan fingerprint density at radius 3 is 2.42 bits per heavy atom. The number of amides is 1. The molecule has 2 aromatic carbocycles. The predicted molar refractivity (Wildman–Crippen MR) is 126 cm³/mol. The number of halogens is 1. The van der Waals surface area contributed by atoms with Gasteiger partial charge in [-0.15, -0.1) is 0 Å². The first kappa shape index (κ1) is 23.8. The molecular weight excluding hydrogens is 432 g/mol. The summed E-state index contributed by atoms with van der Waals surface area (Å²) in [6.07, 6.45) is 4.49. The van der Waals surface area contributed by atoms with Crippen molar-refractivity contribution >= 4 is 27.5 Å². The van der Waals surface area contributed by atoms with Gasteiger partial charge in [0.05, 0.1) is 11.7 Å². The summed E-state index contributed by atoms with van der Waals surface area (Å²) < 4.78 is 27.1. The number of benzene rings is 2. The smallest absolute Gasteiger partial charge is 0.224 e. The van der Waals surface area contributed by atoms with Crippen LogP contribution in [0.5, 0.6) is 0 Å². The van der Waals surface area contributed by atoms with Crippen molar-refractivity contribution in [2.24, 2.45) is 5.92 Å².